The quantitative estimate of drug-likeness (QED) is 0.392. The number of benzene rings is 2. The number of nitrogens with one attached hydrogen (secondary N) is 2. The van der Waals surface area contributed by atoms with E-state index in [9.17, 15) is 0 Å². The first-order valence-electron chi connectivity index (χ1n) is 7.68. The van der Waals surface area contributed by atoms with Crippen LogP contribution in [0.4, 0.5) is 0 Å². The van der Waals surface area contributed by atoms with E-state index < -0.39 is 0 Å². The lowest BCUT2D eigenvalue weighted by molar-refractivity contribution is 0.574. The number of hydrazone groups is 1. The van der Waals surface area contributed by atoms with Crippen LogP contribution in [0.5, 0.6) is 0 Å². The second-order valence-electron chi connectivity index (χ2n) is 5.22. The summed E-state index contributed by atoms with van der Waals surface area (Å²) in [6.45, 7) is 0.638. The molecule has 0 bridgehead atoms. The van der Waals surface area contributed by atoms with Gasteiger partial charge in [0.1, 0.15) is 11.5 Å². The molecule has 0 saturated heterocycles. The number of hydrogen-bond donors (Lipinski definition) is 2. The average molecular weight is 370 g/mol. The Kier molecular flexibility index (Phi) is 5.82. The van der Waals surface area contributed by atoms with Gasteiger partial charge in [0.2, 0.25) is 0 Å². The van der Waals surface area contributed by atoms with Crippen LogP contribution in [0.25, 0.3) is 11.3 Å². The van der Waals surface area contributed by atoms with Crippen molar-refractivity contribution in [1.82, 2.24) is 10.7 Å². The van der Waals surface area contributed by atoms with Gasteiger partial charge < -0.3 is 9.73 Å². The molecule has 126 valence electrons. The molecule has 0 saturated carbocycles. The maximum absolute atomic E-state index is 6.17. The molecule has 0 atom stereocenters. The fourth-order valence-corrected chi connectivity index (χ4v) is 2.55. The molecule has 25 heavy (non-hydrogen) atoms. The van der Waals surface area contributed by atoms with Crippen LogP contribution in [-0.4, -0.2) is 11.3 Å². The number of hydrogen-bond acceptors (Lipinski definition) is 3. The molecule has 0 unspecified atom stereocenters. The largest absolute Gasteiger partial charge is 0.455 e. The first-order valence-corrected chi connectivity index (χ1v) is 8.46. The van der Waals surface area contributed by atoms with E-state index in [1.165, 1.54) is 0 Å². The normalized spacial score (nSPS) is 10.8. The third kappa shape index (κ3) is 4.92. The predicted octanol–water partition coefficient (Wildman–Crippen LogP) is 4.60. The molecule has 0 spiro atoms. The van der Waals surface area contributed by atoms with E-state index in [4.69, 9.17) is 28.2 Å². The summed E-state index contributed by atoms with van der Waals surface area (Å²) in [5, 5.41) is 8.25. The fourth-order valence-electron chi connectivity index (χ4n) is 2.20. The van der Waals surface area contributed by atoms with Crippen LogP contribution in [0.3, 0.4) is 0 Å². The lowest BCUT2D eigenvalue weighted by atomic mass is 10.2. The van der Waals surface area contributed by atoms with Gasteiger partial charge in [-0.3, -0.25) is 5.43 Å². The van der Waals surface area contributed by atoms with Gasteiger partial charge in [0, 0.05) is 12.1 Å². The van der Waals surface area contributed by atoms with Crippen LogP contribution in [0, 0.1) is 0 Å². The molecule has 0 radical (unpaired) electrons. The van der Waals surface area contributed by atoms with Crippen molar-refractivity contribution in [2.45, 2.75) is 6.54 Å². The molecular formula is C19H16ClN3OS. The van der Waals surface area contributed by atoms with Gasteiger partial charge in [0.25, 0.3) is 0 Å². The third-order valence-electron chi connectivity index (χ3n) is 3.42. The van der Waals surface area contributed by atoms with Crippen molar-refractivity contribution in [3.05, 3.63) is 83.1 Å². The smallest absolute Gasteiger partial charge is 0.187 e. The van der Waals surface area contributed by atoms with Crippen LogP contribution < -0.4 is 10.7 Å². The highest BCUT2D eigenvalue weighted by Gasteiger charge is 2.06. The summed E-state index contributed by atoms with van der Waals surface area (Å²) in [4.78, 5) is 0. The van der Waals surface area contributed by atoms with Crippen LogP contribution >= 0.6 is 23.8 Å². The molecule has 1 aromatic heterocycles. The zero-order valence-electron chi connectivity index (χ0n) is 13.3. The van der Waals surface area contributed by atoms with E-state index in [1.807, 2.05) is 66.7 Å². The summed E-state index contributed by atoms with van der Waals surface area (Å²) in [6.07, 6.45) is 1.57. The molecular weight excluding hydrogens is 354 g/mol. The SMILES string of the molecule is S=C(NCc1ccccc1)N/N=C\c1ccc(-c2ccccc2Cl)o1. The van der Waals surface area contributed by atoms with E-state index in [0.717, 1.165) is 11.1 Å². The van der Waals surface area contributed by atoms with Crippen LogP contribution in [0.15, 0.2) is 76.2 Å². The van der Waals surface area contributed by atoms with Gasteiger partial charge >= 0.3 is 0 Å². The van der Waals surface area contributed by atoms with E-state index in [-0.39, 0.29) is 0 Å². The highest BCUT2D eigenvalue weighted by atomic mass is 35.5. The molecule has 0 amide bonds. The van der Waals surface area contributed by atoms with Crippen molar-refractivity contribution in [1.29, 1.82) is 0 Å². The zero-order chi connectivity index (χ0) is 17.5. The van der Waals surface area contributed by atoms with Gasteiger partial charge in [-0.15, -0.1) is 0 Å². The molecule has 2 aromatic carbocycles. The Morgan fingerprint density at radius 2 is 1.80 bits per heavy atom. The van der Waals surface area contributed by atoms with E-state index in [1.54, 1.807) is 6.21 Å². The molecule has 0 aliphatic carbocycles. The third-order valence-corrected chi connectivity index (χ3v) is 3.99. The Labute approximate surface area is 156 Å². The summed E-state index contributed by atoms with van der Waals surface area (Å²) >= 11 is 11.4. The van der Waals surface area contributed by atoms with Gasteiger partial charge in [-0.1, -0.05) is 54.1 Å². The molecule has 0 aliphatic heterocycles. The van der Waals surface area contributed by atoms with Crippen molar-refractivity contribution < 1.29 is 4.42 Å². The van der Waals surface area contributed by atoms with Crippen molar-refractivity contribution in [3.8, 4) is 11.3 Å². The molecule has 1 heterocycles. The first-order chi connectivity index (χ1) is 12.2. The zero-order valence-corrected chi connectivity index (χ0v) is 14.8. The summed E-state index contributed by atoms with van der Waals surface area (Å²) < 4.78 is 5.72. The summed E-state index contributed by atoms with van der Waals surface area (Å²) in [7, 11) is 0. The number of nitrogens with zero attached hydrogens (tertiary/aromatic N) is 1. The molecule has 6 heteroatoms. The van der Waals surface area contributed by atoms with Gasteiger partial charge in [-0.2, -0.15) is 5.10 Å². The fraction of sp³-hybridized carbons (Fsp3) is 0.0526. The summed E-state index contributed by atoms with van der Waals surface area (Å²) in [5.74, 6) is 1.30. The highest BCUT2D eigenvalue weighted by molar-refractivity contribution is 7.80. The minimum Gasteiger partial charge on any atom is -0.455 e. The molecule has 0 fully saturated rings. The average Bonchev–Trinajstić information content (AvgIpc) is 3.10. The summed E-state index contributed by atoms with van der Waals surface area (Å²) in [6, 6.07) is 21.2. The Hall–Kier alpha value is -2.63. The second-order valence-corrected chi connectivity index (χ2v) is 6.04. The van der Waals surface area contributed by atoms with Crippen molar-refractivity contribution in [3.63, 3.8) is 0 Å². The van der Waals surface area contributed by atoms with Crippen molar-refractivity contribution >= 4 is 35.1 Å². The van der Waals surface area contributed by atoms with Crippen molar-refractivity contribution in [2.24, 2.45) is 5.10 Å². The maximum atomic E-state index is 6.17. The standard InChI is InChI=1S/C19H16ClN3OS/c20-17-9-5-4-8-16(17)18-11-10-15(24-18)13-22-23-19(25)21-12-14-6-2-1-3-7-14/h1-11,13H,12H2,(H2,21,23,25)/b22-13-. The van der Waals surface area contributed by atoms with E-state index >= 15 is 0 Å². The first kappa shape index (κ1) is 17.2. The number of halogens is 1. The molecule has 2 N–H and O–H groups in total. The Bertz CT molecular complexity index is 877. The van der Waals surface area contributed by atoms with Crippen molar-refractivity contribution in [2.75, 3.05) is 0 Å². The topological polar surface area (TPSA) is 49.6 Å². The van der Waals surface area contributed by atoms with Gasteiger partial charge in [0.05, 0.1) is 11.2 Å². The number of furan rings is 1. The van der Waals surface area contributed by atoms with Gasteiger partial charge in [0.15, 0.2) is 5.11 Å². The van der Waals surface area contributed by atoms with Crippen LogP contribution in [0.1, 0.15) is 11.3 Å². The number of rotatable bonds is 5. The maximum Gasteiger partial charge on any atom is 0.187 e. The lowest BCUT2D eigenvalue weighted by Gasteiger charge is -2.06. The monoisotopic (exact) mass is 369 g/mol. The predicted molar refractivity (Wildman–Crippen MR) is 106 cm³/mol. The van der Waals surface area contributed by atoms with Crippen LogP contribution in [-0.2, 0) is 6.54 Å². The van der Waals surface area contributed by atoms with Gasteiger partial charge in [-0.25, -0.2) is 0 Å². The Balaban J connectivity index is 1.53. The lowest BCUT2D eigenvalue weighted by Crippen LogP contribution is -2.31. The molecule has 0 aliphatic rings. The Morgan fingerprint density at radius 3 is 2.60 bits per heavy atom. The van der Waals surface area contributed by atoms with Gasteiger partial charge in [-0.05, 0) is 42.0 Å². The van der Waals surface area contributed by atoms with E-state index in [2.05, 4.69) is 15.8 Å². The highest BCUT2D eigenvalue weighted by Crippen LogP contribution is 2.28. The van der Waals surface area contributed by atoms with Crippen LogP contribution in [0.2, 0.25) is 5.02 Å². The number of thiocarbonyl (C=S) groups is 1. The summed E-state index contributed by atoms with van der Waals surface area (Å²) in [5.41, 5.74) is 4.75. The molecule has 3 aromatic rings. The Morgan fingerprint density at radius 1 is 1.04 bits per heavy atom. The second kappa shape index (κ2) is 8.46. The minimum atomic E-state index is 0.443. The minimum absolute atomic E-state index is 0.443. The molecule has 4 nitrogen and oxygen atoms in total. The van der Waals surface area contributed by atoms with E-state index in [0.29, 0.717) is 28.2 Å². The molecule has 3 rings (SSSR count).